The molecule has 0 aliphatic heterocycles. The Hall–Kier alpha value is -2.41. The molecule has 2 heterocycles. The predicted molar refractivity (Wildman–Crippen MR) is 78.2 cm³/mol. The molecule has 0 N–H and O–H groups in total. The maximum Gasteiger partial charge on any atom is 0.442 e. The summed E-state index contributed by atoms with van der Waals surface area (Å²) in [4.78, 5) is 11.9. The standard InChI is InChI=1S/C14H12ClFN4O2/c1-8-11(12(15)19(2)17-8)7-20-13(18-22-14(20)21)9-3-5-10(16)6-4-9/h3-6H,7H2,1-2H3. The molecule has 0 amide bonds. The van der Waals surface area contributed by atoms with Gasteiger partial charge in [-0.25, -0.2) is 9.18 Å². The Balaban J connectivity index is 2.06. The van der Waals surface area contributed by atoms with Crippen molar-refractivity contribution in [3.8, 4) is 11.4 Å². The lowest BCUT2D eigenvalue weighted by atomic mass is 10.2. The van der Waals surface area contributed by atoms with Gasteiger partial charge in [-0.2, -0.15) is 5.10 Å². The van der Waals surface area contributed by atoms with Crippen molar-refractivity contribution in [1.29, 1.82) is 0 Å². The van der Waals surface area contributed by atoms with E-state index < -0.39 is 5.76 Å². The SMILES string of the molecule is Cc1nn(C)c(Cl)c1Cn1c(-c2ccc(F)cc2)noc1=O. The van der Waals surface area contributed by atoms with E-state index in [1.807, 2.05) is 0 Å². The first-order valence-corrected chi connectivity index (χ1v) is 6.85. The van der Waals surface area contributed by atoms with Crippen LogP contribution in [0.1, 0.15) is 11.3 Å². The van der Waals surface area contributed by atoms with E-state index in [0.717, 1.165) is 0 Å². The first-order valence-electron chi connectivity index (χ1n) is 6.48. The van der Waals surface area contributed by atoms with Crippen molar-refractivity contribution in [2.24, 2.45) is 7.05 Å². The molecule has 0 aliphatic rings. The van der Waals surface area contributed by atoms with Gasteiger partial charge in [0, 0.05) is 18.2 Å². The van der Waals surface area contributed by atoms with Crippen LogP contribution in [0, 0.1) is 12.7 Å². The van der Waals surface area contributed by atoms with Crippen LogP contribution in [0.15, 0.2) is 33.6 Å². The molecule has 0 radical (unpaired) electrons. The van der Waals surface area contributed by atoms with Gasteiger partial charge < -0.3 is 0 Å². The van der Waals surface area contributed by atoms with Crippen LogP contribution < -0.4 is 5.76 Å². The largest absolute Gasteiger partial charge is 0.442 e. The molecule has 3 aromatic rings. The van der Waals surface area contributed by atoms with Crippen LogP contribution in [0.2, 0.25) is 5.15 Å². The van der Waals surface area contributed by atoms with E-state index in [1.165, 1.54) is 33.5 Å². The van der Waals surface area contributed by atoms with Crippen molar-refractivity contribution in [1.82, 2.24) is 19.5 Å². The van der Waals surface area contributed by atoms with E-state index in [1.54, 1.807) is 14.0 Å². The van der Waals surface area contributed by atoms with Crippen LogP contribution in [0.3, 0.4) is 0 Å². The second-order valence-electron chi connectivity index (χ2n) is 4.84. The number of aromatic nitrogens is 4. The molecule has 0 spiro atoms. The van der Waals surface area contributed by atoms with Crippen LogP contribution in [0.5, 0.6) is 0 Å². The van der Waals surface area contributed by atoms with Crippen molar-refractivity contribution in [3.05, 3.63) is 57.0 Å². The van der Waals surface area contributed by atoms with Gasteiger partial charge in [-0.15, -0.1) is 0 Å². The molecule has 0 saturated heterocycles. The van der Waals surface area contributed by atoms with E-state index in [4.69, 9.17) is 16.1 Å². The first kappa shape index (κ1) is 14.5. The molecule has 2 aromatic heterocycles. The van der Waals surface area contributed by atoms with E-state index in [0.29, 0.717) is 27.8 Å². The van der Waals surface area contributed by atoms with Crippen molar-refractivity contribution in [2.75, 3.05) is 0 Å². The zero-order chi connectivity index (χ0) is 15.9. The minimum atomic E-state index is -0.612. The molecule has 1 aromatic carbocycles. The van der Waals surface area contributed by atoms with Crippen molar-refractivity contribution in [3.63, 3.8) is 0 Å². The number of halogens is 2. The monoisotopic (exact) mass is 322 g/mol. The van der Waals surface area contributed by atoms with Gasteiger partial charge in [0.2, 0.25) is 0 Å². The van der Waals surface area contributed by atoms with Crippen LogP contribution >= 0.6 is 11.6 Å². The fourth-order valence-electron chi connectivity index (χ4n) is 2.23. The molecule has 0 bridgehead atoms. The zero-order valence-electron chi connectivity index (χ0n) is 11.9. The fourth-order valence-corrected chi connectivity index (χ4v) is 2.46. The number of hydrogen-bond donors (Lipinski definition) is 0. The predicted octanol–water partition coefficient (Wildman–Crippen LogP) is 2.39. The fraction of sp³-hybridized carbons (Fsp3) is 0.214. The highest BCUT2D eigenvalue weighted by Crippen LogP contribution is 2.22. The van der Waals surface area contributed by atoms with Crippen LogP contribution in [0.4, 0.5) is 4.39 Å². The van der Waals surface area contributed by atoms with Gasteiger partial charge in [0.1, 0.15) is 11.0 Å². The Morgan fingerprint density at radius 2 is 2.00 bits per heavy atom. The Labute approximate surface area is 129 Å². The molecule has 22 heavy (non-hydrogen) atoms. The van der Waals surface area contributed by atoms with Gasteiger partial charge in [-0.05, 0) is 31.2 Å². The van der Waals surface area contributed by atoms with E-state index in [2.05, 4.69) is 10.3 Å². The normalized spacial score (nSPS) is 11.1. The number of nitrogens with zero attached hydrogens (tertiary/aromatic N) is 4. The molecule has 3 rings (SSSR count). The molecule has 0 aliphatic carbocycles. The summed E-state index contributed by atoms with van der Waals surface area (Å²) in [6.07, 6.45) is 0. The lowest BCUT2D eigenvalue weighted by molar-refractivity contribution is 0.378. The molecule has 0 atom stereocenters. The molecule has 0 fully saturated rings. The maximum absolute atomic E-state index is 13.0. The topological polar surface area (TPSA) is 65.8 Å². The summed E-state index contributed by atoms with van der Waals surface area (Å²) in [7, 11) is 1.72. The van der Waals surface area contributed by atoms with Crippen LogP contribution in [-0.4, -0.2) is 19.5 Å². The lowest BCUT2D eigenvalue weighted by Gasteiger charge is -2.05. The molecule has 8 heteroatoms. The third-order valence-electron chi connectivity index (χ3n) is 3.37. The molecule has 0 unspecified atom stereocenters. The summed E-state index contributed by atoms with van der Waals surface area (Å²) in [6, 6.07) is 5.64. The summed E-state index contributed by atoms with van der Waals surface area (Å²) < 4.78 is 20.6. The van der Waals surface area contributed by atoms with Gasteiger partial charge in [-0.3, -0.25) is 13.8 Å². The second kappa shape index (κ2) is 5.42. The van der Waals surface area contributed by atoms with Crippen LogP contribution in [0.25, 0.3) is 11.4 Å². The molecule has 114 valence electrons. The third kappa shape index (κ3) is 2.43. The van der Waals surface area contributed by atoms with Gasteiger partial charge in [0.05, 0.1) is 12.2 Å². The summed E-state index contributed by atoms with van der Waals surface area (Å²) in [6.45, 7) is 1.98. The highest BCUT2D eigenvalue weighted by atomic mass is 35.5. The molecule has 0 saturated carbocycles. The highest BCUT2D eigenvalue weighted by molar-refractivity contribution is 6.30. The summed E-state index contributed by atoms with van der Waals surface area (Å²) >= 11 is 6.19. The Bertz CT molecular complexity index is 879. The lowest BCUT2D eigenvalue weighted by Crippen LogP contribution is -2.16. The Kier molecular flexibility index (Phi) is 3.58. The van der Waals surface area contributed by atoms with Crippen molar-refractivity contribution < 1.29 is 8.91 Å². The van der Waals surface area contributed by atoms with Gasteiger partial charge in [0.15, 0.2) is 5.82 Å². The summed E-state index contributed by atoms with van der Waals surface area (Å²) in [5, 5.41) is 8.40. The van der Waals surface area contributed by atoms with Crippen LogP contribution in [-0.2, 0) is 13.6 Å². The minimum Gasteiger partial charge on any atom is -0.295 e. The highest BCUT2D eigenvalue weighted by Gasteiger charge is 2.18. The average Bonchev–Trinajstić information content (AvgIpc) is 2.96. The van der Waals surface area contributed by atoms with Gasteiger partial charge in [0.25, 0.3) is 0 Å². The first-order chi connectivity index (χ1) is 10.5. The Morgan fingerprint density at radius 1 is 1.32 bits per heavy atom. The van der Waals surface area contributed by atoms with Gasteiger partial charge >= 0.3 is 5.76 Å². The summed E-state index contributed by atoms with van der Waals surface area (Å²) in [5.74, 6) is -0.671. The smallest absolute Gasteiger partial charge is 0.295 e. The summed E-state index contributed by atoms with van der Waals surface area (Å²) in [5.41, 5.74) is 1.99. The van der Waals surface area contributed by atoms with Gasteiger partial charge in [-0.1, -0.05) is 16.8 Å². The van der Waals surface area contributed by atoms with E-state index >= 15 is 0 Å². The molecule has 6 nitrogen and oxygen atoms in total. The van der Waals surface area contributed by atoms with Crippen molar-refractivity contribution >= 4 is 11.6 Å². The molecular formula is C14H12ClFN4O2. The number of hydrogen-bond acceptors (Lipinski definition) is 4. The average molecular weight is 323 g/mol. The number of rotatable bonds is 3. The zero-order valence-corrected chi connectivity index (χ0v) is 12.6. The Morgan fingerprint density at radius 3 is 2.59 bits per heavy atom. The quantitative estimate of drug-likeness (QED) is 0.742. The van der Waals surface area contributed by atoms with E-state index in [-0.39, 0.29) is 12.4 Å². The minimum absolute atomic E-state index is 0.174. The number of benzene rings is 1. The number of aryl methyl sites for hydroxylation is 2. The maximum atomic E-state index is 13.0. The molecular weight excluding hydrogens is 311 g/mol. The van der Waals surface area contributed by atoms with Crippen molar-refractivity contribution in [2.45, 2.75) is 13.5 Å². The third-order valence-corrected chi connectivity index (χ3v) is 3.85. The van der Waals surface area contributed by atoms with E-state index in [9.17, 15) is 9.18 Å². The second-order valence-corrected chi connectivity index (χ2v) is 5.20.